The average molecular weight is 486 g/mol. The average Bonchev–Trinajstić information content (AvgIpc) is 3.44. The Morgan fingerprint density at radius 3 is 2.69 bits per heavy atom. The van der Waals surface area contributed by atoms with Crippen LogP contribution in [0.1, 0.15) is 89.6 Å². The van der Waals surface area contributed by atoms with Gasteiger partial charge in [0.25, 0.3) is 5.89 Å². The molecular formula is C27H39N3O5. The Kier molecular flexibility index (Phi) is 7.99. The van der Waals surface area contributed by atoms with Crippen LogP contribution in [0.5, 0.6) is 5.75 Å². The molecular weight excluding hydrogens is 446 g/mol. The van der Waals surface area contributed by atoms with Crippen molar-refractivity contribution in [1.29, 1.82) is 0 Å². The largest absolute Gasteiger partial charge is 0.493 e. The van der Waals surface area contributed by atoms with Gasteiger partial charge in [-0.1, -0.05) is 37.3 Å². The normalized spacial score (nSPS) is 21.3. The van der Waals surface area contributed by atoms with Gasteiger partial charge in [0, 0.05) is 12.1 Å². The van der Waals surface area contributed by atoms with E-state index in [1.54, 1.807) is 0 Å². The minimum absolute atomic E-state index is 0.205. The molecule has 1 saturated heterocycles. The predicted octanol–water partition coefficient (Wildman–Crippen LogP) is 5.83. The van der Waals surface area contributed by atoms with Crippen LogP contribution in [-0.2, 0) is 4.74 Å². The Hall–Kier alpha value is -2.61. The second kappa shape index (κ2) is 11.0. The van der Waals surface area contributed by atoms with E-state index in [2.05, 4.69) is 10.1 Å². The van der Waals surface area contributed by atoms with Crippen molar-refractivity contribution in [2.45, 2.75) is 96.8 Å². The van der Waals surface area contributed by atoms with Gasteiger partial charge in [-0.25, -0.2) is 4.79 Å². The molecule has 1 aliphatic carbocycles. The van der Waals surface area contributed by atoms with Crippen molar-refractivity contribution < 1.29 is 23.9 Å². The fourth-order valence-electron chi connectivity index (χ4n) is 5.05. The smallest absolute Gasteiger partial charge is 0.411 e. The predicted molar refractivity (Wildman–Crippen MR) is 132 cm³/mol. The van der Waals surface area contributed by atoms with Crippen LogP contribution in [0, 0.1) is 12.8 Å². The third kappa shape index (κ3) is 6.54. The van der Waals surface area contributed by atoms with Gasteiger partial charge in [0.05, 0.1) is 12.7 Å². The molecule has 0 bridgehead atoms. The van der Waals surface area contributed by atoms with E-state index in [9.17, 15) is 9.90 Å². The highest BCUT2D eigenvalue weighted by atomic mass is 16.6. The number of carbonyl (C=O) groups is 1. The number of aliphatic hydroxyl groups excluding tert-OH is 1. The number of benzene rings is 1. The molecule has 35 heavy (non-hydrogen) atoms. The molecule has 0 radical (unpaired) electrons. The molecule has 1 aromatic heterocycles. The lowest BCUT2D eigenvalue weighted by atomic mass is 9.86. The highest BCUT2D eigenvalue weighted by molar-refractivity contribution is 5.69. The summed E-state index contributed by atoms with van der Waals surface area (Å²) >= 11 is 0. The molecule has 1 N–H and O–H groups in total. The molecule has 2 atom stereocenters. The van der Waals surface area contributed by atoms with Crippen molar-refractivity contribution in [3.05, 3.63) is 29.7 Å². The van der Waals surface area contributed by atoms with Crippen molar-refractivity contribution >= 4 is 6.09 Å². The lowest BCUT2D eigenvalue weighted by Gasteiger charge is -2.27. The fourth-order valence-corrected chi connectivity index (χ4v) is 5.05. The Morgan fingerprint density at radius 1 is 1.20 bits per heavy atom. The molecule has 1 aliphatic heterocycles. The Balaban J connectivity index is 1.37. The van der Waals surface area contributed by atoms with Gasteiger partial charge in [-0.2, -0.15) is 4.98 Å². The van der Waals surface area contributed by atoms with E-state index in [-0.39, 0.29) is 5.89 Å². The Morgan fingerprint density at radius 2 is 1.97 bits per heavy atom. The summed E-state index contributed by atoms with van der Waals surface area (Å²) in [7, 11) is 0. The van der Waals surface area contributed by atoms with Crippen molar-refractivity contribution in [3.8, 4) is 17.1 Å². The first kappa shape index (κ1) is 25.5. The second-order valence-corrected chi connectivity index (χ2v) is 10.9. The molecule has 8 heteroatoms. The number of aromatic nitrogens is 2. The first-order valence-corrected chi connectivity index (χ1v) is 13.0. The minimum atomic E-state index is -0.790. The number of ether oxygens (including phenoxy) is 2. The maximum atomic E-state index is 12.6. The maximum absolute atomic E-state index is 12.6. The van der Waals surface area contributed by atoms with Crippen LogP contribution in [0.2, 0.25) is 0 Å². The number of nitrogens with zero attached hydrogens (tertiary/aromatic N) is 3. The van der Waals surface area contributed by atoms with E-state index in [1.807, 2.05) is 45.9 Å². The van der Waals surface area contributed by atoms with Crippen LogP contribution in [0.4, 0.5) is 4.79 Å². The zero-order chi connectivity index (χ0) is 25.0. The number of hydrogen-bond acceptors (Lipinski definition) is 7. The summed E-state index contributed by atoms with van der Waals surface area (Å²) in [6.45, 7) is 8.52. The van der Waals surface area contributed by atoms with E-state index in [0.29, 0.717) is 18.8 Å². The van der Waals surface area contributed by atoms with Gasteiger partial charge in [-0.15, -0.1) is 0 Å². The number of hydrogen-bond donors (Lipinski definition) is 1. The van der Waals surface area contributed by atoms with E-state index < -0.39 is 23.8 Å². The van der Waals surface area contributed by atoms with Crippen molar-refractivity contribution in [1.82, 2.24) is 15.0 Å². The van der Waals surface area contributed by atoms with Gasteiger partial charge in [-0.05, 0) is 76.6 Å². The molecule has 0 unspecified atom stereocenters. The minimum Gasteiger partial charge on any atom is -0.493 e. The highest BCUT2D eigenvalue weighted by Crippen LogP contribution is 2.34. The topological polar surface area (TPSA) is 97.9 Å². The molecule has 0 spiro atoms. The van der Waals surface area contributed by atoms with E-state index >= 15 is 0 Å². The van der Waals surface area contributed by atoms with E-state index in [4.69, 9.17) is 14.0 Å². The number of carbonyl (C=O) groups excluding carboxylic acids is 1. The first-order chi connectivity index (χ1) is 16.7. The second-order valence-electron chi connectivity index (χ2n) is 10.9. The summed E-state index contributed by atoms with van der Waals surface area (Å²) in [5.41, 5.74) is 1.16. The molecule has 2 heterocycles. The number of amides is 1. The quantitative estimate of drug-likeness (QED) is 0.493. The molecule has 2 fully saturated rings. The lowest BCUT2D eigenvalue weighted by molar-refractivity contribution is 0.0107. The van der Waals surface area contributed by atoms with Gasteiger partial charge in [0.2, 0.25) is 5.82 Å². The molecule has 1 saturated carbocycles. The van der Waals surface area contributed by atoms with Gasteiger partial charge < -0.3 is 19.1 Å². The van der Waals surface area contributed by atoms with Gasteiger partial charge in [0.1, 0.15) is 17.4 Å². The third-order valence-corrected chi connectivity index (χ3v) is 6.86. The summed E-state index contributed by atoms with van der Waals surface area (Å²) in [4.78, 5) is 18.6. The maximum Gasteiger partial charge on any atom is 0.411 e. The monoisotopic (exact) mass is 485 g/mol. The zero-order valence-electron chi connectivity index (χ0n) is 21.5. The van der Waals surface area contributed by atoms with Gasteiger partial charge in [0.15, 0.2) is 0 Å². The van der Waals surface area contributed by atoms with Crippen LogP contribution >= 0.6 is 0 Å². The van der Waals surface area contributed by atoms with Crippen molar-refractivity contribution in [2.75, 3.05) is 13.2 Å². The first-order valence-electron chi connectivity index (χ1n) is 13.0. The van der Waals surface area contributed by atoms with E-state index in [1.165, 1.54) is 43.4 Å². The molecule has 2 aromatic rings. The summed E-state index contributed by atoms with van der Waals surface area (Å²) in [6, 6.07) is 5.11. The summed E-state index contributed by atoms with van der Waals surface area (Å²) in [5.74, 6) is 2.35. The molecule has 2 aliphatic rings. The number of likely N-dealkylation sites (tertiary alicyclic amines) is 1. The molecule has 1 amide bonds. The number of rotatable bonds is 7. The molecule has 4 rings (SSSR count). The van der Waals surface area contributed by atoms with Crippen molar-refractivity contribution in [2.24, 2.45) is 5.92 Å². The fraction of sp³-hybridized carbons (Fsp3) is 0.667. The van der Waals surface area contributed by atoms with Crippen molar-refractivity contribution in [3.63, 3.8) is 0 Å². The van der Waals surface area contributed by atoms with Gasteiger partial charge in [-0.3, -0.25) is 4.90 Å². The van der Waals surface area contributed by atoms with Crippen LogP contribution in [0.15, 0.2) is 22.7 Å². The van der Waals surface area contributed by atoms with Gasteiger partial charge >= 0.3 is 6.09 Å². The highest BCUT2D eigenvalue weighted by Gasteiger charge is 2.42. The summed E-state index contributed by atoms with van der Waals surface area (Å²) < 4.78 is 17.0. The summed E-state index contributed by atoms with van der Waals surface area (Å²) in [6.07, 6.45) is 8.35. The Labute approximate surface area is 208 Å². The zero-order valence-corrected chi connectivity index (χ0v) is 21.5. The number of aryl methyl sites for hydroxylation is 1. The SMILES string of the molecule is Cc1cc(-c2noc([C@@H]3[C@@H](O)CCN3C(=O)OC(C)(C)C)n2)ccc1OCCCC1CCCCC1. The lowest BCUT2D eigenvalue weighted by Crippen LogP contribution is -2.38. The summed E-state index contributed by atoms with van der Waals surface area (Å²) in [5, 5.41) is 14.6. The van der Waals surface area contributed by atoms with Crippen LogP contribution in [0.3, 0.4) is 0 Å². The number of aliphatic hydroxyl groups is 1. The Bertz CT molecular complexity index is 993. The molecule has 192 valence electrons. The van der Waals surface area contributed by atoms with Crippen LogP contribution in [0.25, 0.3) is 11.4 Å². The standard InChI is InChI=1S/C27H39N3O5/c1-18-17-20(12-13-22(18)33-16-8-11-19-9-6-5-7-10-19)24-28-25(35-29-24)23-21(31)14-15-30(23)26(32)34-27(2,3)4/h12-13,17,19,21,23,31H,5-11,14-16H2,1-4H3/t21-,23-/m0/s1. The third-order valence-electron chi connectivity index (χ3n) is 6.86. The van der Waals surface area contributed by atoms with Crippen LogP contribution < -0.4 is 4.74 Å². The molecule has 8 nitrogen and oxygen atoms in total. The van der Waals surface area contributed by atoms with Crippen LogP contribution in [-0.4, -0.2) is 51.1 Å². The molecule has 1 aromatic carbocycles. The van der Waals surface area contributed by atoms with E-state index in [0.717, 1.165) is 35.8 Å².